The van der Waals surface area contributed by atoms with Crippen LogP contribution in [0, 0.1) is 11.6 Å². The van der Waals surface area contributed by atoms with Gasteiger partial charge in [-0.3, -0.25) is 0 Å². The second-order valence-electron chi connectivity index (χ2n) is 5.85. The predicted octanol–water partition coefficient (Wildman–Crippen LogP) is 7.88. The average molecular weight is 421 g/mol. The molecule has 158 valence electrons. The lowest BCUT2D eigenvalue weighted by molar-refractivity contribution is -0.137. The van der Waals surface area contributed by atoms with Gasteiger partial charge in [0.15, 0.2) is 0 Å². The van der Waals surface area contributed by atoms with E-state index in [-0.39, 0.29) is 17.0 Å². The fraction of sp³-hybridized carbons (Fsp3) is 0.130. The molecule has 0 amide bonds. The van der Waals surface area contributed by atoms with E-state index in [1.54, 1.807) is 24.3 Å². The Morgan fingerprint density at radius 2 is 1.27 bits per heavy atom. The molecule has 3 aromatic carbocycles. The number of anilines is 1. The lowest BCUT2D eigenvalue weighted by Crippen LogP contribution is -2.04. The molecule has 0 radical (unpaired) electrons. The number of rotatable bonds is 5. The molecule has 1 N–H and O–H groups in total. The molecule has 0 heterocycles. The highest BCUT2D eigenvalue weighted by Gasteiger charge is 2.30. The van der Waals surface area contributed by atoms with Crippen LogP contribution in [0.3, 0.4) is 0 Å². The minimum atomic E-state index is -4.41. The van der Waals surface area contributed by atoms with E-state index in [0.29, 0.717) is 11.4 Å². The summed E-state index contributed by atoms with van der Waals surface area (Å²) in [4.78, 5) is 0. The Hall–Kier alpha value is -3.35. The van der Waals surface area contributed by atoms with Gasteiger partial charge in [0.2, 0.25) is 0 Å². The van der Waals surface area contributed by atoms with E-state index < -0.39 is 23.4 Å². The Morgan fingerprint density at radius 1 is 0.800 bits per heavy atom. The van der Waals surface area contributed by atoms with Crippen molar-refractivity contribution in [2.45, 2.75) is 20.0 Å². The summed E-state index contributed by atoms with van der Waals surface area (Å²) in [7, 11) is 0. The van der Waals surface area contributed by atoms with Gasteiger partial charge in [0.1, 0.15) is 23.1 Å². The summed E-state index contributed by atoms with van der Waals surface area (Å²) in [5, 5.41) is 2.80. The van der Waals surface area contributed by atoms with Crippen LogP contribution in [0.1, 0.15) is 25.0 Å². The summed E-state index contributed by atoms with van der Waals surface area (Å²) in [6.45, 7) is 7.65. The maximum absolute atomic E-state index is 13.8. The maximum atomic E-state index is 13.8. The first-order valence-electron chi connectivity index (χ1n) is 9.09. The molecule has 0 aliphatic rings. The first kappa shape index (κ1) is 22.9. The molecule has 0 aliphatic heterocycles. The van der Waals surface area contributed by atoms with Crippen molar-refractivity contribution in [3.8, 4) is 11.5 Å². The van der Waals surface area contributed by atoms with E-state index in [1.807, 2.05) is 13.8 Å². The first-order valence-corrected chi connectivity index (χ1v) is 9.09. The van der Waals surface area contributed by atoms with Gasteiger partial charge in [-0.15, -0.1) is 0 Å². The van der Waals surface area contributed by atoms with Crippen LogP contribution in [0.25, 0.3) is 5.70 Å². The van der Waals surface area contributed by atoms with Gasteiger partial charge in [-0.05, 0) is 60.7 Å². The second kappa shape index (κ2) is 9.91. The number of hydrogen-bond acceptors (Lipinski definition) is 2. The zero-order chi connectivity index (χ0) is 22.3. The third-order valence-corrected chi connectivity index (χ3v) is 3.83. The smallest absolute Gasteiger partial charge is 0.416 e. The molecule has 0 saturated heterocycles. The molecule has 0 unspecified atom stereocenters. The lowest BCUT2D eigenvalue weighted by atomic mass is 10.1. The van der Waals surface area contributed by atoms with Crippen LogP contribution >= 0.6 is 0 Å². The van der Waals surface area contributed by atoms with Crippen molar-refractivity contribution in [1.82, 2.24) is 0 Å². The Balaban J connectivity index is 0.00000155. The van der Waals surface area contributed by atoms with E-state index >= 15 is 0 Å². The molecule has 7 heteroatoms. The van der Waals surface area contributed by atoms with Gasteiger partial charge in [-0.25, -0.2) is 8.78 Å². The van der Waals surface area contributed by atoms with Gasteiger partial charge in [0.25, 0.3) is 0 Å². The number of hydrogen-bond donors (Lipinski definition) is 1. The SMILES string of the molecule is C=C(Nc1ccc(Oc2ccc(C(F)(F)F)cc2)cc1)c1c(F)cccc1F.CC. The Morgan fingerprint density at radius 3 is 1.73 bits per heavy atom. The van der Waals surface area contributed by atoms with E-state index in [0.717, 1.165) is 24.3 Å². The first-order chi connectivity index (χ1) is 14.2. The molecule has 3 aromatic rings. The Kier molecular flexibility index (Phi) is 7.58. The van der Waals surface area contributed by atoms with Crippen LogP contribution in [0.15, 0.2) is 73.3 Å². The molecule has 0 bridgehead atoms. The van der Waals surface area contributed by atoms with E-state index in [1.165, 1.54) is 18.2 Å². The zero-order valence-corrected chi connectivity index (χ0v) is 16.4. The van der Waals surface area contributed by atoms with E-state index in [9.17, 15) is 22.0 Å². The molecule has 0 aromatic heterocycles. The van der Waals surface area contributed by atoms with Crippen LogP contribution in [-0.2, 0) is 6.18 Å². The normalized spacial score (nSPS) is 10.6. The van der Waals surface area contributed by atoms with Crippen LogP contribution in [0.2, 0.25) is 0 Å². The number of ether oxygens (including phenoxy) is 1. The molecule has 3 rings (SSSR count). The van der Waals surface area contributed by atoms with Gasteiger partial charge in [-0.2, -0.15) is 13.2 Å². The Bertz CT molecular complexity index is 960. The summed E-state index contributed by atoms with van der Waals surface area (Å²) in [5.74, 6) is -0.848. The van der Waals surface area contributed by atoms with E-state index in [4.69, 9.17) is 4.74 Å². The van der Waals surface area contributed by atoms with E-state index in [2.05, 4.69) is 11.9 Å². The van der Waals surface area contributed by atoms with Crippen molar-refractivity contribution in [1.29, 1.82) is 0 Å². The van der Waals surface area contributed by atoms with Crippen molar-refractivity contribution in [2.24, 2.45) is 0 Å². The van der Waals surface area contributed by atoms with Crippen LogP contribution in [-0.4, -0.2) is 0 Å². The fourth-order valence-corrected chi connectivity index (χ4v) is 2.48. The van der Waals surface area contributed by atoms with Crippen molar-refractivity contribution < 1.29 is 26.7 Å². The van der Waals surface area contributed by atoms with Crippen molar-refractivity contribution in [3.05, 3.63) is 96.1 Å². The minimum Gasteiger partial charge on any atom is -0.457 e. The number of alkyl halides is 3. The maximum Gasteiger partial charge on any atom is 0.416 e. The molecule has 0 fully saturated rings. The zero-order valence-electron chi connectivity index (χ0n) is 16.4. The van der Waals surface area contributed by atoms with Gasteiger partial charge in [0.05, 0.1) is 11.1 Å². The minimum absolute atomic E-state index is 0.0482. The molecule has 0 spiro atoms. The number of benzene rings is 3. The standard InChI is InChI=1S/C21H14F5NO.C2H6/c1-13(20-18(22)3-2-4-19(20)23)27-15-7-11-17(12-8-15)28-16-9-5-14(6-10-16)21(24,25)26;1-2/h2-12,27H,1H2;1-2H3. The molecular weight excluding hydrogens is 401 g/mol. The van der Waals surface area contributed by atoms with Gasteiger partial charge in [0, 0.05) is 11.4 Å². The van der Waals surface area contributed by atoms with Gasteiger partial charge < -0.3 is 10.1 Å². The van der Waals surface area contributed by atoms with Crippen molar-refractivity contribution in [3.63, 3.8) is 0 Å². The number of halogens is 5. The molecule has 0 saturated carbocycles. The van der Waals surface area contributed by atoms with Crippen LogP contribution in [0.4, 0.5) is 27.6 Å². The average Bonchev–Trinajstić information content (AvgIpc) is 2.71. The highest BCUT2D eigenvalue weighted by molar-refractivity contribution is 5.75. The molecule has 0 aliphatic carbocycles. The third-order valence-electron chi connectivity index (χ3n) is 3.83. The highest BCUT2D eigenvalue weighted by Crippen LogP contribution is 2.32. The molecule has 30 heavy (non-hydrogen) atoms. The molecule has 2 nitrogen and oxygen atoms in total. The van der Waals surface area contributed by atoms with Crippen LogP contribution < -0.4 is 10.1 Å². The molecule has 0 atom stereocenters. The van der Waals surface area contributed by atoms with Crippen molar-refractivity contribution >= 4 is 11.4 Å². The largest absolute Gasteiger partial charge is 0.457 e. The summed E-state index contributed by atoms with van der Waals surface area (Å²) in [6, 6.07) is 14.1. The van der Waals surface area contributed by atoms with Gasteiger partial charge >= 0.3 is 6.18 Å². The summed E-state index contributed by atoms with van der Waals surface area (Å²) < 4.78 is 70.8. The lowest BCUT2D eigenvalue weighted by Gasteiger charge is -2.13. The monoisotopic (exact) mass is 421 g/mol. The summed E-state index contributed by atoms with van der Waals surface area (Å²) in [5.41, 5.74) is -0.467. The van der Waals surface area contributed by atoms with Gasteiger partial charge in [-0.1, -0.05) is 26.5 Å². The summed E-state index contributed by atoms with van der Waals surface area (Å²) >= 11 is 0. The Labute approximate surface area is 171 Å². The number of nitrogens with one attached hydrogen (secondary N) is 1. The van der Waals surface area contributed by atoms with Crippen molar-refractivity contribution in [2.75, 3.05) is 5.32 Å². The highest BCUT2D eigenvalue weighted by atomic mass is 19.4. The summed E-state index contributed by atoms with van der Waals surface area (Å²) in [6.07, 6.45) is -4.41. The van der Waals surface area contributed by atoms with Crippen LogP contribution in [0.5, 0.6) is 11.5 Å². The topological polar surface area (TPSA) is 21.3 Å². The molecular formula is C23H20F5NO. The predicted molar refractivity (Wildman–Crippen MR) is 108 cm³/mol. The quantitative estimate of drug-likeness (QED) is 0.423. The third kappa shape index (κ3) is 5.83. The fourth-order valence-electron chi connectivity index (χ4n) is 2.48. The second-order valence-corrected chi connectivity index (χ2v) is 5.85.